The summed E-state index contributed by atoms with van der Waals surface area (Å²) in [5.41, 5.74) is -0.0845. The van der Waals surface area contributed by atoms with E-state index in [0.717, 1.165) is 56.6 Å². The Balaban J connectivity index is 0.000000501. The van der Waals surface area contributed by atoms with Crippen LogP contribution in [0.1, 0.15) is 76.0 Å². The number of anilines is 2. The Hall–Kier alpha value is -4.36. The Morgan fingerprint density at radius 2 is 1.58 bits per heavy atom. The van der Waals surface area contributed by atoms with Gasteiger partial charge in [-0.3, -0.25) is 4.79 Å². The van der Waals surface area contributed by atoms with Crippen molar-refractivity contribution in [2.45, 2.75) is 77.5 Å². The van der Waals surface area contributed by atoms with Crippen molar-refractivity contribution < 1.29 is 27.6 Å². The molecule has 2 fully saturated rings. The molecule has 5 rings (SSSR count). The molecule has 1 N–H and O–H groups in total. The first-order valence-electron chi connectivity index (χ1n) is 15.1. The van der Waals surface area contributed by atoms with Gasteiger partial charge in [-0.1, -0.05) is 19.0 Å². The Morgan fingerprint density at radius 3 is 2.11 bits per heavy atom. The van der Waals surface area contributed by atoms with E-state index in [4.69, 9.17) is 9.26 Å². The van der Waals surface area contributed by atoms with Crippen molar-refractivity contribution in [2.24, 2.45) is 0 Å². The monoisotopic (exact) mass is 628 g/mol. The van der Waals surface area contributed by atoms with Gasteiger partial charge >= 0.3 is 12.1 Å². The quantitative estimate of drug-likeness (QED) is 0.407. The lowest BCUT2D eigenvalue weighted by molar-refractivity contribution is 0.0508. The number of rotatable bonds is 6. The fourth-order valence-electron chi connectivity index (χ4n) is 4.96. The van der Waals surface area contributed by atoms with E-state index in [1.165, 1.54) is 0 Å². The molecule has 2 amide bonds. The van der Waals surface area contributed by atoms with Gasteiger partial charge in [-0.2, -0.15) is 4.98 Å². The molecule has 1 unspecified atom stereocenters. The fraction of sp³-hybridized carbons (Fsp3) is 0.548. The summed E-state index contributed by atoms with van der Waals surface area (Å²) in [5.74, 6) is 0.541. The van der Waals surface area contributed by atoms with Gasteiger partial charge in [0.25, 0.3) is 5.91 Å². The van der Waals surface area contributed by atoms with Gasteiger partial charge in [0, 0.05) is 57.6 Å². The molecule has 45 heavy (non-hydrogen) atoms. The zero-order valence-corrected chi connectivity index (χ0v) is 26.7. The van der Waals surface area contributed by atoms with E-state index >= 15 is 0 Å². The Bertz CT molecular complexity index is 1380. The smallest absolute Gasteiger partial charge is 0.407 e. The van der Waals surface area contributed by atoms with Gasteiger partial charge in [-0.25, -0.2) is 23.5 Å². The van der Waals surface area contributed by atoms with Crippen molar-refractivity contribution in [2.75, 3.05) is 43.0 Å². The molecular weight excluding hydrogens is 586 g/mol. The summed E-state index contributed by atoms with van der Waals surface area (Å²) in [6.07, 6.45) is 5.12. The number of benzene rings is 1. The van der Waals surface area contributed by atoms with Crippen LogP contribution in [0.5, 0.6) is 0 Å². The minimum atomic E-state index is -0.538. The summed E-state index contributed by atoms with van der Waals surface area (Å²) in [6.45, 7) is 12.4. The molecule has 3 aromatic rings. The normalized spacial score (nSPS) is 17.1. The van der Waals surface area contributed by atoms with Gasteiger partial charge in [-0.05, 0) is 64.3 Å². The molecule has 1 atom stereocenters. The van der Waals surface area contributed by atoms with Crippen molar-refractivity contribution in [3.63, 3.8) is 0 Å². The maximum atomic E-state index is 13.1. The predicted octanol–water partition coefficient (Wildman–Crippen LogP) is 4.79. The van der Waals surface area contributed by atoms with E-state index in [9.17, 15) is 18.4 Å². The Morgan fingerprint density at radius 1 is 1.00 bits per heavy atom. The highest BCUT2D eigenvalue weighted by Gasteiger charge is 2.30. The second kappa shape index (κ2) is 14.6. The zero-order valence-electron chi connectivity index (χ0n) is 26.7. The molecule has 244 valence electrons. The average molecular weight is 629 g/mol. The van der Waals surface area contributed by atoms with Crippen LogP contribution in [0.3, 0.4) is 0 Å². The highest BCUT2D eigenvalue weighted by Crippen LogP contribution is 2.24. The maximum Gasteiger partial charge on any atom is 0.407 e. The number of ether oxygens (including phenoxy) is 1. The summed E-state index contributed by atoms with van der Waals surface area (Å²) in [5, 5.41) is 6.94. The van der Waals surface area contributed by atoms with Crippen LogP contribution in [-0.2, 0) is 4.74 Å². The number of amides is 2. The molecule has 4 heterocycles. The van der Waals surface area contributed by atoms with Gasteiger partial charge < -0.3 is 29.3 Å². The SMILES string of the molecule is CC(C)c1noc(N2CCC(N(C)C(=O)c3cnc(N4CCC(NC(=O)OC(C)(C)C)C4)nc3)CC2)n1.Fc1ccc(F)cc1. The number of nitrogens with zero attached hydrogens (tertiary/aromatic N) is 7. The maximum absolute atomic E-state index is 13.1. The molecule has 0 bridgehead atoms. The van der Waals surface area contributed by atoms with Crippen LogP contribution < -0.4 is 15.1 Å². The van der Waals surface area contributed by atoms with Gasteiger partial charge in [0.1, 0.15) is 17.2 Å². The number of nitrogens with one attached hydrogen (secondary N) is 1. The molecule has 2 aliphatic heterocycles. The van der Waals surface area contributed by atoms with Crippen LogP contribution in [0.2, 0.25) is 0 Å². The number of hydrogen-bond acceptors (Lipinski definition) is 10. The van der Waals surface area contributed by atoms with Gasteiger partial charge in [0.15, 0.2) is 5.82 Å². The first-order chi connectivity index (χ1) is 21.3. The lowest BCUT2D eigenvalue weighted by atomic mass is 10.0. The minimum absolute atomic E-state index is 0.0409. The molecule has 0 radical (unpaired) electrons. The number of carbonyl (C=O) groups is 2. The number of hydrogen-bond donors (Lipinski definition) is 1. The van der Waals surface area contributed by atoms with Crippen LogP contribution in [0.15, 0.2) is 41.2 Å². The second-order valence-corrected chi connectivity index (χ2v) is 12.5. The van der Waals surface area contributed by atoms with E-state index < -0.39 is 23.3 Å². The highest BCUT2D eigenvalue weighted by molar-refractivity contribution is 5.93. The second-order valence-electron chi connectivity index (χ2n) is 12.5. The van der Waals surface area contributed by atoms with E-state index in [0.29, 0.717) is 36.4 Å². The predicted molar refractivity (Wildman–Crippen MR) is 164 cm³/mol. The van der Waals surface area contributed by atoms with Gasteiger partial charge in [0.05, 0.1) is 11.6 Å². The van der Waals surface area contributed by atoms with E-state index in [2.05, 4.69) is 30.3 Å². The van der Waals surface area contributed by atoms with Crippen molar-refractivity contribution in [1.29, 1.82) is 0 Å². The topological polar surface area (TPSA) is 130 Å². The van der Waals surface area contributed by atoms with Crippen LogP contribution >= 0.6 is 0 Å². The van der Waals surface area contributed by atoms with Crippen LogP contribution in [-0.4, -0.2) is 87.9 Å². The van der Waals surface area contributed by atoms with E-state index in [1.54, 1.807) is 17.3 Å². The molecular formula is C31H42F2N8O4. The van der Waals surface area contributed by atoms with Crippen LogP contribution in [0, 0.1) is 11.6 Å². The zero-order chi connectivity index (χ0) is 32.7. The first kappa shape index (κ1) is 33.5. The van der Waals surface area contributed by atoms with Crippen molar-refractivity contribution in [3.8, 4) is 0 Å². The summed E-state index contributed by atoms with van der Waals surface area (Å²) in [7, 11) is 1.83. The summed E-state index contributed by atoms with van der Waals surface area (Å²) >= 11 is 0. The van der Waals surface area contributed by atoms with Crippen molar-refractivity contribution >= 4 is 24.0 Å². The molecule has 2 saturated heterocycles. The third kappa shape index (κ3) is 9.56. The van der Waals surface area contributed by atoms with E-state index in [1.807, 2.05) is 46.6 Å². The van der Waals surface area contributed by atoms with Crippen molar-refractivity contribution in [3.05, 3.63) is 59.7 Å². The third-order valence-electron chi connectivity index (χ3n) is 7.43. The summed E-state index contributed by atoms with van der Waals surface area (Å²) in [6, 6.07) is 4.93. The van der Waals surface area contributed by atoms with Crippen LogP contribution in [0.25, 0.3) is 0 Å². The Labute approximate surface area is 262 Å². The number of halogens is 2. The lowest BCUT2D eigenvalue weighted by Gasteiger charge is -2.35. The molecule has 14 heteroatoms. The minimum Gasteiger partial charge on any atom is -0.444 e. The number of aromatic nitrogens is 4. The average Bonchev–Trinajstić information content (AvgIpc) is 3.68. The molecule has 12 nitrogen and oxygen atoms in total. The molecule has 0 aliphatic carbocycles. The molecule has 2 aromatic heterocycles. The Kier molecular flexibility index (Phi) is 10.9. The highest BCUT2D eigenvalue weighted by atomic mass is 19.1. The molecule has 2 aliphatic rings. The molecule has 0 saturated carbocycles. The molecule has 1 aromatic carbocycles. The van der Waals surface area contributed by atoms with E-state index in [-0.39, 0.29) is 23.9 Å². The van der Waals surface area contributed by atoms with Gasteiger partial charge in [-0.15, -0.1) is 0 Å². The van der Waals surface area contributed by atoms with Crippen molar-refractivity contribution in [1.82, 2.24) is 30.3 Å². The number of alkyl carbamates (subject to hydrolysis) is 1. The fourth-order valence-corrected chi connectivity index (χ4v) is 4.96. The third-order valence-corrected chi connectivity index (χ3v) is 7.43. The number of carbonyl (C=O) groups excluding carboxylic acids is 2. The number of piperidine rings is 1. The lowest BCUT2D eigenvalue weighted by Crippen LogP contribution is -2.45. The first-order valence-corrected chi connectivity index (χ1v) is 15.1. The largest absolute Gasteiger partial charge is 0.444 e. The van der Waals surface area contributed by atoms with Gasteiger partial charge in [0.2, 0.25) is 5.95 Å². The summed E-state index contributed by atoms with van der Waals surface area (Å²) in [4.78, 5) is 44.4. The summed E-state index contributed by atoms with van der Waals surface area (Å²) < 4.78 is 34.6. The standard InChI is InChI=1S/C25H38N8O4.C6H4F2/c1-16(2)20-29-23(37-30-20)32-11-8-19(9-12-32)31(6)21(34)17-13-26-22(27-14-17)33-10-7-18(15-33)28-24(35)36-25(3,4)5;7-5-1-2-6(8)4-3-5/h13-14,16,18-19H,7-12,15H2,1-6H3,(H,28,35);1-4H. The molecule has 0 spiro atoms. The van der Waals surface area contributed by atoms with Crippen LogP contribution in [0.4, 0.5) is 25.5 Å².